The van der Waals surface area contributed by atoms with Crippen molar-refractivity contribution >= 4 is 43.7 Å². The van der Waals surface area contributed by atoms with Gasteiger partial charge >= 0.3 is 0 Å². The number of aromatic nitrogens is 1. The van der Waals surface area contributed by atoms with Gasteiger partial charge in [-0.15, -0.1) is 0 Å². The fourth-order valence-corrected chi connectivity index (χ4v) is 5.15. The molecule has 6 aromatic rings. The van der Waals surface area contributed by atoms with E-state index in [1.807, 2.05) is 18.5 Å². The molecule has 0 saturated carbocycles. The fourth-order valence-electron chi connectivity index (χ4n) is 5.15. The number of rotatable bonds is 3. The van der Waals surface area contributed by atoms with Crippen LogP contribution in [0.3, 0.4) is 0 Å². The lowest BCUT2D eigenvalue weighted by Gasteiger charge is -2.22. The summed E-state index contributed by atoms with van der Waals surface area (Å²) in [6.45, 7) is 11.2. The van der Waals surface area contributed by atoms with Gasteiger partial charge in [-0.2, -0.15) is 0 Å². The summed E-state index contributed by atoms with van der Waals surface area (Å²) < 4.78 is 12.4. The van der Waals surface area contributed by atoms with Crippen molar-refractivity contribution in [2.45, 2.75) is 46.5 Å². The zero-order valence-electron chi connectivity index (χ0n) is 20.4. The number of benzene rings is 3. The third kappa shape index (κ3) is 3.30. The average Bonchev–Trinajstić information content (AvgIpc) is 3.36. The lowest BCUT2D eigenvalue weighted by molar-refractivity contribution is 0.594. The summed E-state index contributed by atoms with van der Waals surface area (Å²) >= 11 is 0. The highest BCUT2D eigenvalue weighted by Crippen LogP contribution is 2.40. The van der Waals surface area contributed by atoms with Gasteiger partial charge in [0.05, 0.1) is 6.26 Å². The molecule has 3 heteroatoms. The molecule has 3 aromatic heterocycles. The second kappa shape index (κ2) is 7.46. The van der Waals surface area contributed by atoms with Gasteiger partial charge in [0.15, 0.2) is 5.58 Å². The molecule has 0 N–H and O–H groups in total. The van der Waals surface area contributed by atoms with E-state index >= 15 is 0 Å². The first-order chi connectivity index (χ1) is 16.3. The van der Waals surface area contributed by atoms with Gasteiger partial charge in [0.2, 0.25) is 0 Å². The van der Waals surface area contributed by atoms with E-state index in [2.05, 4.69) is 83.1 Å². The number of pyridine rings is 1. The molecule has 0 fully saturated rings. The Morgan fingerprint density at radius 1 is 0.853 bits per heavy atom. The Morgan fingerprint density at radius 3 is 2.44 bits per heavy atom. The van der Waals surface area contributed by atoms with Crippen LogP contribution in [0.4, 0.5) is 0 Å². The van der Waals surface area contributed by atoms with E-state index in [9.17, 15) is 0 Å². The van der Waals surface area contributed by atoms with Crippen LogP contribution in [0.15, 0.2) is 75.9 Å². The van der Waals surface area contributed by atoms with Gasteiger partial charge in [0, 0.05) is 27.9 Å². The molecule has 0 spiro atoms. The Balaban J connectivity index is 1.61. The standard InChI is InChI=1S/C31H29NO2/c1-18(2)12-21-17-33-27-16-25-23-10-11-32-29(30(23)34-28(25)15-24(21)27)20-13-19-8-6-7-9-22(19)26(14-20)31(3,4)5/h6-11,13-18H,12H2,1-5H3. The molecule has 3 heterocycles. The Kier molecular flexibility index (Phi) is 4.60. The molecular weight excluding hydrogens is 418 g/mol. The number of hydrogen-bond donors (Lipinski definition) is 0. The van der Waals surface area contributed by atoms with E-state index in [0.717, 1.165) is 50.6 Å². The monoisotopic (exact) mass is 447 g/mol. The second-order valence-electron chi connectivity index (χ2n) is 10.8. The Hall–Kier alpha value is -3.59. The highest BCUT2D eigenvalue weighted by Gasteiger charge is 2.21. The largest absolute Gasteiger partial charge is 0.464 e. The molecule has 3 aromatic carbocycles. The summed E-state index contributed by atoms with van der Waals surface area (Å²) in [6.07, 6.45) is 4.76. The van der Waals surface area contributed by atoms with E-state index in [0.29, 0.717) is 5.92 Å². The van der Waals surface area contributed by atoms with E-state index in [1.54, 1.807) is 0 Å². The minimum Gasteiger partial charge on any atom is -0.464 e. The summed E-state index contributed by atoms with van der Waals surface area (Å²) in [5.74, 6) is 0.563. The Morgan fingerprint density at radius 2 is 1.65 bits per heavy atom. The van der Waals surface area contributed by atoms with Crippen molar-refractivity contribution in [2.75, 3.05) is 0 Å². The van der Waals surface area contributed by atoms with Crippen LogP contribution in [0, 0.1) is 5.92 Å². The zero-order valence-corrected chi connectivity index (χ0v) is 20.4. The minimum absolute atomic E-state index is 0.00861. The van der Waals surface area contributed by atoms with Crippen molar-refractivity contribution < 1.29 is 8.83 Å². The van der Waals surface area contributed by atoms with Gasteiger partial charge in [0.1, 0.15) is 16.9 Å². The molecule has 0 aliphatic heterocycles. The maximum atomic E-state index is 6.51. The SMILES string of the molecule is CC(C)Cc1coc2cc3c(cc12)oc1c(-c2cc(C(C)(C)C)c4ccccc4c2)nccc13. The van der Waals surface area contributed by atoms with Crippen LogP contribution in [0.25, 0.3) is 54.9 Å². The first kappa shape index (κ1) is 21.0. The summed E-state index contributed by atoms with van der Waals surface area (Å²) in [5.41, 5.74) is 7.12. The average molecular weight is 448 g/mol. The van der Waals surface area contributed by atoms with Gasteiger partial charge in [-0.25, -0.2) is 0 Å². The molecule has 0 bridgehead atoms. The van der Waals surface area contributed by atoms with Gasteiger partial charge < -0.3 is 8.83 Å². The fraction of sp³-hybridized carbons (Fsp3) is 0.258. The van der Waals surface area contributed by atoms with E-state index in [-0.39, 0.29) is 5.41 Å². The van der Waals surface area contributed by atoms with Crippen LogP contribution < -0.4 is 0 Å². The Bertz CT molecular complexity index is 1690. The van der Waals surface area contributed by atoms with Crippen LogP contribution in [-0.2, 0) is 11.8 Å². The molecule has 0 amide bonds. The van der Waals surface area contributed by atoms with Crippen molar-refractivity contribution in [3.63, 3.8) is 0 Å². The van der Waals surface area contributed by atoms with Crippen LogP contribution in [0.2, 0.25) is 0 Å². The molecule has 34 heavy (non-hydrogen) atoms. The lowest BCUT2D eigenvalue weighted by atomic mass is 9.82. The predicted molar refractivity (Wildman–Crippen MR) is 141 cm³/mol. The maximum absolute atomic E-state index is 6.51. The molecule has 0 aliphatic carbocycles. The molecule has 0 radical (unpaired) electrons. The molecule has 0 aliphatic rings. The maximum Gasteiger partial charge on any atom is 0.161 e. The molecule has 0 atom stereocenters. The number of hydrogen-bond acceptors (Lipinski definition) is 3. The summed E-state index contributed by atoms with van der Waals surface area (Å²) in [4.78, 5) is 4.80. The molecule has 0 unspecified atom stereocenters. The van der Waals surface area contributed by atoms with Crippen molar-refractivity contribution in [2.24, 2.45) is 5.92 Å². The van der Waals surface area contributed by atoms with Gasteiger partial charge in [-0.3, -0.25) is 4.98 Å². The summed E-state index contributed by atoms with van der Waals surface area (Å²) in [6, 6.07) is 19.4. The van der Waals surface area contributed by atoms with Gasteiger partial charge in [-0.1, -0.05) is 58.9 Å². The number of nitrogens with zero attached hydrogens (tertiary/aromatic N) is 1. The van der Waals surface area contributed by atoms with Gasteiger partial charge in [0.25, 0.3) is 0 Å². The van der Waals surface area contributed by atoms with Crippen LogP contribution >= 0.6 is 0 Å². The van der Waals surface area contributed by atoms with E-state index < -0.39 is 0 Å². The normalized spacial score (nSPS) is 12.6. The number of fused-ring (bicyclic) bond motifs is 5. The third-order valence-corrected chi connectivity index (χ3v) is 6.73. The van der Waals surface area contributed by atoms with E-state index in [4.69, 9.17) is 13.8 Å². The Labute approximate surface area is 199 Å². The topological polar surface area (TPSA) is 39.2 Å². The predicted octanol–water partition coefficient (Wildman–Crippen LogP) is 9.04. The van der Waals surface area contributed by atoms with Crippen molar-refractivity contribution in [3.8, 4) is 11.3 Å². The van der Waals surface area contributed by atoms with Crippen molar-refractivity contribution in [1.82, 2.24) is 4.98 Å². The first-order valence-corrected chi connectivity index (χ1v) is 12.0. The molecule has 170 valence electrons. The van der Waals surface area contributed by atoms with Crippen LogP contribution in [0.1, 0.15) is 45.7 Å². The highest BCUT2D eigenvalue weighted by atomic mass is 16.3. The number of furan rings is 2. The van der Waals surface area contributed by atoms with Crippen molar-refractivity contribution in [1.29, 1.82) is 0 Å². The van der Waals surface area contributed by atoms with Crippen LogP contribution in [0.5, 0.6) is 0 Å². The lowest BCUT2D eigenvalue weighted by Crippen LogP contribution is -2.12. The third-order valence-electron chi connectivity index (χ3n) is 6.73. The summed E-state index contributed by atoms with van der Waals surface area (Å²) in [7, 11) is 0. The first-order valence-electron chi connectivity index (χ1n) is 12.0. The quantitative estimate of drug-likeness (QED) is 0.272. The second-order valence-corrected chi connectivity index (χ2v) is 10.8. The summed E-state index contributed by atoms with van der Waals surface area (Å²) in [5, 5.41) is 5.77. The van der Waals surface area contributed by atoms with Crippen molar-refractivity contribution in [3.05, 3.63) is 78.2 Å². The highest BCUT2D eigenvalue weighted by molar-refractivity contribution is 6.12. The molecule has 3 nitrogen and oxygen atoms in total. The zero-order chi connectivity index (χ0) is 23.6. The van der Waals surface area contributed by atoms with E-state index in [1.165, 1.54) is 21.9 Å². The molecular formula is C31H29NO2. The van der Waals surface area contributed by atoms with Gasteiger partial charge in [-0.05, 0) is 70.0 Å². The smallest absolute Gasteiger partial charge is 0.161 e. The molecule has 6 rings (SSSR count). The molecule has 0 saturated heterocycles. The van der Waals surface area contributed by atoms with Crippen LogP contribution in [-0.4, -0.2) is 4.98 Å². The minimum atomic E-state index is 0.00861.